The molecule has 2 atom stereocenters. The standard InChI is InChI=1S/C18H16BrCl2NO2/c19-12-4-1-3-11(9-12)17(14-7-6-13(20)10-15(14)21)22-8-2-5-16(22)18(23)24/h1,3-4,6-7,9-10,16-17H,2,5,8H2,(H,23,24). The number of rotatable bonds is 4. The van der Waals surface area contributed by atoms with Crippen LogP contribution in [0.2, 0.25) is 10.0 Å². The van der Waals surface area contributed by atoms with Crippen molar-refractivity contribution in [1.82, 2.24) is 4.90 Å². The molecule has 6 heteroatoms. The molecule has 2 unspecified atom stereocenters. The highest BCUT2D eigenvalue weighted by atomic mass is 79.9. The summed E-state index contributed by atoms with van der Waals surface area (Å²) in [7, 11) is 0. The smallest absolute Gasteiger partial charge is 0.320 e. The quantitative estimate of drug-likeness (QED) is 0.709. The first kappa shape index (κ1) is 17.7. The summed E-state index contributed by atoms with van der Waals surface area (Å²) in [5, 5.41) is 10.7. The minimum atomic E-state index is -0.794. The molecule has 1 heterocycles. The number of likely N-dealkylation sites (tertiary alicyclic amines) is 1. The van der Waals surface area contributed by atoms with Crippen molar-refractivity contribution in [3.8, 4) is 0 Å². The minimum Gasteiger partial charge on any atom is -0.480 e. The monoisotopic (exact) mass is 427 g/mol. The van der Waals surface area contributed by atoms with Crippen LogP contribution in [0.5, 0.6) is 0 Å². The number of aliphatic carboxylic acids is 1. The largest absolute Gasteiger partial charge is 0.480 e. The van der Waals surface area contributed by atoms with Crippen LogP contribution in [-0.2, 0) is 4.79 Å². The van der Waals surface area contributed by atoms with Crippen LogP contribution < -0.4 is 0 Å². The molecule has 0 radical (unpaired) electrons. The summed E-state index contributed by atoms with van der Waals surface area (Å²) >= 11 is 16.0. The van der Waals surface area contributed by atoms with Gasteiger partial charge in [-0.3, -0.25) is 9.69 Å². The molecule has 3 rings (SSSR count). The highest BCUT2D eigenvalue weighted by molar-refractivity contribution is 9.10. The van der Waals surface area contributed by atoms with Gasteiger partial charge in [-0.25, -0.2) is 0 Å². The lowest BCUT2D eigenvalue weighted by atomic mass is 9.96. The Hall–Kier alpha value is -1.07. The van der Waals surface area contributed by atoms with Gasteiger partial charge in [-0.2, -0.15) is 0 Å². The third-order valence-electron chi connectivity index (χ3n) is 4.33. The van der Waals surface area contributed by atoms with Crippen molar-refractivity contribution in [3.63, 3.8) is 0 Å². The first-order valence-electron chi connectivity index (χ1n) is 7.66. The fourth-order valence-electron chi connectivity index (χ4n) is 3.31. The first-order chi connectivity index (χ1) is 11.5. The van der Waals surface area contributed by atoms with E-state index in [-0.39, 0.29) is 6.04 Å². The second-order valence-corrected chi connectivity index (χ2v) is 7.62. The topological polar surface area (TPSA) is 40.5 Å². The highest BCUT2D eigenvalue weighted by Crippen LogP contribution is 2.39. The van der Waals surface area contributed by atoms with E-state index in [0.29, 0.717) is 23.0 Å². The Morgan fingerprint density at radius 2 is 2.04 bits per heavy atom. The zero-order chi connectivity index (χ0) is 17.3. The lowest BCUT2D eigenvalue weighted by Gasteiger charge is -2.32. The van der Waals surface area contributed by atoms with E-state index in [4.69, 9.17) is 23.2 Å². The number of hydrogen-bond acceptors (Lipinski definition) is 2. The van der Waals surface area contributed by atoms with E-state index in [1.54, 1.807) is 12.1 Å². The first-order valence-corrected chi connectivity index (χ1v) is 9.21. The molecule has 0 bridgehead atoms. The van der Waals surface area contributed by atoms with Crippen molar-refractivity contribution < 1.29 is 9.90 Å². The van der Waals surface area contributed by atoms with E-state index >= 15 is 0 Å². The zero-order valence-electron chi connectivity index (χ0n) is 12.8. The summed E-state index contributed by atoms with van der Waals surface area (Å²) in [6, 6.07) is 12.5. The third kappa shape index (κ3) is 3.62. The molecule has 2 aromatic rings. The summed E-state index contributed by atoms with van der Waals surface area (Å²) in [6.45, 7) is 0.715. The van der Waals surface area contributed by atoms with Crippen LogP contribution in [0.1, 0.15) is 30.0 Å². The van der Waals surface area contributed by atoms with Crippen molar-refractivity contribution >= 4 is 45.1 Å². The lowest BCUT2D eigenvalue weighted by Crippen LogP contribution is -2.39. The Bertz CT molecular complexity index is 768. The maximum absolute atomic E-state index is 11.7. The van der Waals surface area contributed by atoms with Gasteiger partial charge in [0.1, 0.15) is 6.04 Å². The second kappa shape index (κ2) is 7.44. The Morgan fingerprint density at radius 1 is 1.25 bits per heavy atom. The molecule has 1 aliphatic heterocycles. The number of benzene rings is 2. The summed E-state index contributed by atoms with van der Waals surface area (Å²) < 4.78 is 0.946. The van der Waals surface area contributed by atoms with Gasteiger partial charge in [0.15, 0.2) is 0 Å². The van der Waals surface area contributed by atoms with Crippen LogP contribution in [-0.4, -0.2) is 28.6 Å². The molecule has 0 saturated carbocycles. The Kier molecular flexibility index (Phi) is 5.50. The van der Waals surface area contributed by atoms with E-state index in [0.717, 1.165) is 22.0 Å². The van der Waals surface area contributed by atoms with Crippen molar-refractivity contribution in [2.75, 3.05) is 6.54 Å². The highest BCUT2D eigenvalue weighted by Gasteiger charge is 2.37. The summed E-state index contributed by atoms with van der Waals surface area (Å²) in [6.07, 6.45) is 1.50. The Morgan fingerprint density at radius 3 is 2.71 bits per heavy atom. The van der Waals surface area contributed by atoms with Gasteiger partial charge >= 0.3 is 5.97 Å². The number of carboxylic acid groups (broad SMARTS) is 1. The molecule has 0 aliphatic carbocycles. The molecule has 0 aromatic heterocycles. The van der Waals surface area contributed by atoms with E-state index in [2.05, 4.69) is 15.9 Å². The van der Waals surface area contributed by atoms with Crippen molar-refractivity contribution in [1.29, 1.82) is 0 Å². The maximum atomic E-state index is 11.7. The molecule has 1 N–H and O–H groups in total. The number of nitrogens with zero attached hydrogens (tertiary/aromatic N) is 1. The van der Waals surface area contributed by atoms with Crippen LogP contribution in [0.3, 0.4) is 0 Å². The molecule has 1 aliphatic rings. The molecular weight excluding hydrogens is 413 g/mol. The normalized spacial score (nSPS) is 19.4. The van der Waals surface area contributed by atoms with Gasteiger partial charge in [-0.15, -0.1) is 0 Å². The van der Waals surface area contributed by atoms with Crippen LogP contribution >= 0.6 is 39.1 Å². The fourth-order valence-corrected chi connectivity index (χ4v) is 4.24. The summed E-state index contributed by atoms with van der Waals surface area (Å²) in [4.78, 5) is 13.7. The molecule has 0 spiro atoms. The average Bonchev–Trinajstić information content (AvgIpc) is 2.99. The van der Waals surface area contributed by atoms with Crippen LogP contribution in [0.4, 0.5) is 0 Å². The Balaban J connectivity index is 2.12. The molecule has 126 valence electrons. The van der Waals surface area contributed by atoms with Gasteiger partial charge in [0.05, 0.1) is 6.04 Å². The van der Waals surface area contributed by atoms with E-state index in [1.165, 1.54) is 0 Å². The van der Waals surface area contributed by atoms with Gasteiger partial charge in [0.25, 0.3) is 0 Å². The van der Waals surface area contributed by atoms with Gasteiger partial charge in [-0.05, 0) is 48.2 Å². The maximum Gasteiger partial charge on any atom is 0.320 e. The van der Waals surface area contributed by atoms with Gasteiger partial charge in [0, 0.05) is 21.1 Å². The van der Waals surface area contributed by atoms with Crippen molar-refractivity contribution in [2.24, 2.45) is 0 Å². The van der Waals surface area contributed by atoms with Crippen LogP contribution in [0.25, 0.3) is 0 Å². The predicted molar refractivity (Wildman–Crippen MR) is 99.8 cm³/mol. The van der Waals surface area contributed by atoms with E-state index in [1.807, 2.05) is 35.2 Å². The predicted octanol–water partition coefficient (Wildman–Crippen LogP) is 5.39. The number of carboxylic acids is 1. The van der Waals surface area contributed by atoms with Gasteiger partial charge in [-0.1, -0.05) is 57.3 Å². The van der Waals surface area contributed by atoms with Gasteiger partial charge < -0.3 is 5.11 Å². The molecule has 3 nitrogen and oxygen atoms in total. The fraction of sp³-hybridized carbons (Fsp3) is 0.278. The van der Waals surface area contributed by atoms with Crippen molar-refractivity contribution in [3.05, 3.63) is 68.1 Å². The number of hydrogen-bond donors (Lipinski definition) is 1. The molecule has 1 saturated heterocycles. The molecule has 0 amide bonds. The molecule has 24 heavy (non-hydrogen) atoms. The molecule has 1 fully saturated rings. The SMILES string of the molecule is O=C(O)C1CCCN1C(c1cccc(Br)c1)c1ccc(Cl)cc1Cl. The van der Waals surface area contributed by atoms with Crippen molar-refractivity contribution in [2.45, 2.75) is 24.9 Å². The minimum absolute atomic E-state index is 0.226. The van der Waals surface area contributed by atoms with E-state index < -0.39 is 12.0 Å². The second-order valence-electron chi connectivity index (χ2n) is 5.86. The summed E-state index contributed by atoms with van der Waals surface area (Å²) in [5.41, 5.74) is 1.87. The zero-order valence-corrected chi connectivity index (χ0v) is 15.9. The Labute approximate surface area is 159 Å². The lowest BCUT2D eigenvalue weighted by molar-refractivity contribution is -0.142. The average molecular weight is 429 g/mol. The molecule has 2 aromatic carbocycles. The third-order valence-corrected chi connectivity index (χ3v) is 5.39. The summed E-state index contributed by atoms with van der Waals surface area (Å²) in [5.74, 6) is -0.794. The molecular formula is C18H16BrCl2NO2. The number of halogens is 3. The van der Waals surface area contributed by atoms with Crippen LogP contribution in [0.15, 0.2) is 46.9 Å². The van der Waals surface area contributed by atoms with Crippen LogP contribution in [0, 0.1) is 0 Å². The van der Waals surface area contributed by atoms with E-state index in [9.17, 15) is 9.90 Å². The number of carbonyl (C=O) groups is 1. The van der Waals surface area contributed by atoms with Gasteiger partial charge in [0.2, 0.25) is 0 Å².